The number of alkyl halides is 2. The lowest BCUT2D eigenvalue weighted by molar-refractivity contribution is 0.112. The fourth-order valence-electron chi connectivity index (χ4n) is 0.993. The largest absolute Gasteiger partial charge is 0.325 e. The third kappa shape index (κ3) is 2.05. The van der Waals surface area contributed by atoms with Gasteiger partial charge in [-0.3, -0.25) is 4.79 Å². The van der Waals surface area contributed by atoms with Gasteiger partial charge in [0.05, 0.1) is 11.3 Å². The van der Waals surface area contributed by atoms with Crippen molar-refractivity contribution in [3.63, 3.8) is 0 Å². The maximum absolute atomic E-state index is 12.4. The zero-order valence-electron chi connectivity index (χ0n) is 7.01. The van der Waals surface area contributed by atoms with E-state index in [9.17, 15) is 13.6 Å². The monoisotopic (exact) mass is 220 g/mol. The highest BCUT2D eigenvalue weighted by molar-refractivity contribution is 6.31. The molecule has 0 saturated carbocycles. The van der Waals surface area contributed by atoms with Crippen LogP contribution in [0.1, 0.15) is 28.0 Å². The minimum Gasteiger partial charge on any atom is -0.325 e. The Morgan fingerprint density at radius 3 is 2.71 bits per heavy atom. The van der Waals surface area contributed by atoms with Crippen LogP contribution in [0.3, 0.4) is 0 Å². The van der Waals surface area contributed by atoms with Crippen LogP contribution < -0.4 is 5.73 Å². The van der Waals surface area contributed by atoms with Gasteiger partial charge < -0.3 is 5.73 Å². The van der Waals surface area contributed by atoms with Crippen molar-refractivity contribution < 1.29 is 13.6 Å². The maximum atomic E-state index is 12.4. The third-order valence-corrected chi connectivity index (χ3v) is 1.97. The number of hydrogen-bond donors (Lipinski definition) is 1. The molecule has 2 N–H and O–H groups in total. The molecule has 1 rings (SSSR count). The lowest BCUT2D eigenvalue weighted by Crippen LogP contribution is -2.07. The molecule has 14 heavy (non-hydrogen) atoms. The summed E-state index contributed by atoms with van der Waals surface area (Å²) in [6.07, 6.45) is -2.33. The van der Waals surface area contributed by atoms with Gasteiger partial charge in [-0.25, -0.2) is 13.8 Å². The number of nitrogens with zero attached hydrogens (tertiary/aromatic N) is 1. The summed E-state index contributed by atoms with van der Waals surface area (Å²) < 4.78 is 24.8. The predicted octanol–water partition coefficient (Wildman–Crippen LogP) is 1.94. The molecule has 0 fully saturated rings. The summed E-state index contributed by atoms with van der Waals surface area (Å²) in [5.41, 5.74) is 4.81. The Morgan fingerprint density at radius 2 is 2.29 bits per heavy atom. The fraction of sp³-hybridized carbons (Fsp3) is 0.250. The van der Waals surface area contributed by atoms with Crippen LogP contribution in [-0.2, 0) is 6.54 Å². The van der Waals surface area contributed by atoms with Gasteiger partial charge in [-0.1, -0.05) is 11.6 Å². The number of aromatic nitrogens is 1. The Kier molecular flexibility index (Phi) is 3.49. The van der Waals surface area contributed by atoms with Crippen molar-refractivity contribution in [3.8, 4) is 0 Å². The molecular formula is C8H7ClF2N2O. The van der Waals surface area contributed by atoms with Gasteiger partial charge in [0.1, 0.15) is 5.15 Å². The minimum absolute atomic E-state index is 0.00981. The van der Waals surface area contributed by atoms with Crippen LogP contribution in [0.25, 0.3) is 0 Å². The average molecular weight is 221 g/mol. The molecule has 0 spiro atoms. The van der Waals surface area contributed by atoms with Gasteiger partial charge in [0.15, 0.2) is 6.29 Å². The van der Waals surface area contributed by atoms with E-state index in [0.717, 1.165) is 6.07 Å². The molecule has 0 aliphatic heterocycles. The standard InChI is InChI=1S/C8H7ClF2N2O/c9-7-4(3-14)1-5(8(10)11)6(2-12)13-7/h1,3,8H,2,12H2. The number of nitrogens with two attached hydrogens (primary N) is 1. The van der Waals surface area contributed by atoms with Gasteiger partial charge in [0, 0.05) is 12.1 Å². The van der Waals surface area contributed by atoms with Crippen LogP contribution in [0, 0.1) is 0 Å². The number of carbonyl (C=O) groups is 1. The summed E-state index contributed by atoms with van der Waals surface area (Å²) in [6, 6.07) is 1.01. The highest BCUT2D eigenvalue weighted by atomic mass is 35.5. The van der Waals surface area contributed by atoms with E-state index in [1.165, 1.54) is 0 Å². The molecule has 0 aliphatic rings. The van der Waals surface area contributed by atoms with Crippen LogP contribution >= 0.6 is 11.6 Å². The van der Waals surface area contributed by atoms with Crippen molar-refractivity contribution >= 4 is 17.9 Å². The van der Waals surface area contributed by atoms with E-state index in [0.29, 0.717) is 6.29 Å². The molecule has 3 nitrogen and oxygen atoms in total. The summed E-state index contributed by atoms with van der Waals surface area (Å²) in [4.78, 5) is 14.0. The molecule has 1 heterocycles. The van der Waals surface area contributed by atoms with E-state index in [4.69, 9.17) is 17.3 Å². The molecule has 0 aliphatic carbocycles. The number of hydrogen-bond acceptors (Lipinski definition) is 3. The fourth-order valence-corrected chi connectivity index (χ4v) is 1.19. The second-order valence-electron chi connectivity index (χ2n) is 2.53. The van der Waals surface area contributed by atoms with Gasteiger partial charge >= 0.3 is 0 Å². The first-order valence-corrected chi connectivity index (χ1v) is 4.10. The van der Waals surface area contributed by atoms with Gasteiger partial charge in [0.2, 0.25) is 0 Å². The Bertz CT molecular complexity index is 357. The minimum atomic E-state index is -2.71. The van der Waals surface area contributed by atoms with E-state index in [2.05, 4.69) is 4.98 Å². The second-order valence-corrected chi connectivity index (χ2v) is 2.89. The van der Waals surface area contributed by atoms with Crippen LogP contribution in [-0.4, -0.2) is 11.3 Å². The Morgan fingerprint density at radius 1 is 1.64 bits per heavy atom. The molecule has 76 valence electrons. The zero-order valence-corrected chi connectivity index (χ0v) is 7.76. The normalized spacial score (nSPS) is 10.6. The molecule has 6 heteroatoms. The summed E-state index contributed by atoms with van der Waals surface area (Å²) in [6.45, 7) is -0.140. The number of halogens is 3. The Hall–Kier alpha value is -1.07. The molecule has 0 saturated heterocycles. The van der Waals surface area contributed by atoms with Gasteiger partial charge in [-0.15, -0.1) is 0 Å². The smallest absolute Gasteiger partial charge is 0.265 e. The van der Waals surface area contributed by atoms with Crippen LogP contribution in [0.5, 0.6) is 0 Å². The molecule has 0 amide bonds. The first-order chi connectivity index (χ1) is 6.60. The molecule has 1 aromatic rings. The zero-order chi connectivity index (χ0) is 10.7. The quantitative estimate of drug-likeness (QED) is 0.626. The van der Waals surface area contributed by atoms with Crippen molar-refractivity contribution in [1.82, 2.24) is 4.98 Å². The van der Waals surface area contributed by atoms with E-state index < -0.39 is 6.43 Å². The third-order valence-electron chi connectivity index (χ3n) is 1.67. The van der Waals surface area contributed by atoms with E-state index >= 15 is 0 Å². The van der Waals surface area contributed by atoms with Gasteiger partial charge in [-0.2, -0.15) is 0 Å². The Labute approximate surface area is 83.9 Å². The summed E-state index contributed by atoms with van der Waals surface area (Å²) in [7, 11) is 0. The van der Waals surface area contributed by atoms with Crippen molar-refractivity contribution in [2.24, 2.45) is 5.73 Å². The lowest BCUT2D eigenvalue weighted by Gasteiger charge is -2.07. The molecule has 0 radical (unpaired) electrons. The van der Waals surface area contributed by atoms with E-state index in [1.807, 2.05) is 0 Å². The number of aldehydes is 1. The van der Waals surface area contributed by atoms with Crippen molar-refractivity contribution in [1.29, 1.82) is 0 Å². The predicted molar refractivity (Wildman–Crippen MR) is 47.5 cm³/mol. The summed E-state index contributed by atoms with van der Waals surface area (Å²) >= 11 is 5.54. The second kappa shape index (κ2) is 4.43. The summed E-state index contributed by atoms with van der Waals surface area (Å²) in [5.74, 6) is 0. The number of pyridine rings is 1. The molecule has 1 aromatic heterocycles. The Balaban J connectivity index is 3.32. The SMILES string of the molecule is NCc1nc(Cl)c(C=O)cc1C(F)F. The number of rotatable bonds is 3. The molecule has 0 bridgehead atoms. The highest BCUT2D eigenvalue weighted by Gasteiger charge is 2.16. The molecule has 0 unspecified atom stereocenters. The van der Waals surface area contributed by atoms with Crippen molar-refractivity contribution in [2.75, 3.05) is 0 Å². The molecular weight excluding hydrogens is 214 g/mol. The lowest BCUT2D eigenvalue weighted by atomic mass is 10.1. The first-order valence-electron chi connectivity index (χ1n) is 3.72. The van der Waals surface area contributed by atoms with Crippen molar-refractivity contribution in [3.05, 3.63) is 28.0 Å². The molecule has 0 atom stereocenters. The maximum Gasteiger partial charge on any atom is 0.265 e. The molecule has 0 aromatic carbocycles. The van der Waals surface area contributed by atoms with Gasteiger partial charge in [0.25, 0.3) is 6.43 Å². The van der Waals surface area contributed by atoms with Crippen LogP contribution in [0.4, 0.5) is 8.78 Å². The summed E-state index contributed by atoms with van der Waals surface area (Å²) in [5, 5.41) is -0.107. The number of carbonyl (C=O) groups excluding carboxylic acids is 1. The first kappa shape index (κ1) is 11.0. The average Bonchev–Trinajstić information content (AvgIpc) is 2.16. The van der Waals surface area contributed by atoms with Gasteiger partial charge in [-0.05, 0) is 6.07 Å². The van der Waals surface area contributed by atoms with Crippen molar-refractivity contribution in [2.45, 2.75) is 13.0 Å². The highest BCUT2D eigenvalue weighted by Crippen LogP contribution is 2.25. The van der Waals surface area contributed by atoms with E-state index in [-0.39, 0.29) is 28.5 Å². The topological polar surface area (TPSA) is 56.0 Å². The van der Waals surface area contributed by atoms with Crippen LogP contribution in [0.15, 0.2) is 6.07 Å². The van der Waals surface area contributed by atoms with E-state index in [1.54, 1.807) is 0 Å². The van der Waals surface area contributed by atoms with Crippen LogP contribution in [0.2, 0.25) is 5.15 Å².